The van der Waals surface area contributed by atoms with Crippen molar-refractivity contribution in [2.75, 3.05) is 14.2 Å². The summed E-state index contributed by atoms with van der Waals surface area (Å²) in [4.78, 5) is 0. The minimum atomic E-state index is -0.643. The lowest BCUT2D eigenvalue weighted by Gasteiger charge is -2.28. The Morgan fingerprint density at radius 1 is 1.03 bits per heavy atom. The van der Waals surface area contributed by atoms with Crippen LogP contribution in [0, 0.1) is 11.3 Å². The topological polar surface area (TPSA) is 78.1 Å². The number of aromatic hydroxyl groups is 1. The van der Waals surface area contributed by atoms with E-state index in [1.807, 2.05) is 47.5 Å². The van der Waals surface area contributed by atoms with Gasteiger partial charge in [0.2, 0.25) is 0 Å². The molecule has 0 saturated heterocycles. The number of methoxy groups -OCH3 is 2. The smallest absolute Gasteiger partial charge is 0.160 e. The second-order valence-electron chi connectivity index (χ2n) is 7.25. The van der Waals surface area contributed by atoms with Crippen LogP contribution in [0.25, 0.3) is 0 Å². The number of phenols is 1. The maximum Gasteiger partial charge on any atom is 0.160 e. The summed E-state index contributed by atoms with van der Waals surface area (Å²) in [5.74, 6) is 1.14. The summed E-state index contributed by atoms with van der Waals surface area (Å²) in [5.41, 5.74) is 3.69. The normalized spacial score (nSPS) is 16.4. The molecule has 1 N–H and O–H groups in total. The zero-order valence-electron chi connectivity index (χ0n) is 17.4. The first-order valence-electron chi connectivity index (χ1n) is 9.96. The van der Waals surface area contributed by atoms with Gasteiger partial charge in [0.15, 0.2) is 17.5 Å². The molecule has 0 bridgehead atoms. The predicted molar refractivity (Wildman–Crippen MR) is 118 cm³/mol. The molecule has 0 unspecified atom stereocenters. The number of hydrogen-bond acceptors (Lipinski definition) is 6. The lowest BCUT2D eigenvalue weighted by Crippen LogP contribution is -2.24. The molecule has 4 rings (SSSR count). The highest BCUT2D eigenvalue weighted by molar-refractivity contribution is 6.02. The van der Waals surface area contributed by atoms with Gasteiger partial charge in [-0.3, -0.25) is 5.01 Å². The average molecular weight is 413 g/mol. The van der Waals surface area contributed by atoms with Gasteiger partial charge in [-0.05, 0) is 53.1 Å². The van der Waals surface area contributed by atoms with Gasteiger partial charge < -0.3 is 14.6 Å². The van der Waals surface area contributed by atoms with E-state index in [9.17, 15) is 10.4 Å². The van der Waals surface area contributed by atoms with Gasteiger partial charge in [-0.1, -0.05) is 36.4 Å². The molecule has 3 aromatic carbocycles. The molecule has 1 heterocycles. The first kappa shape index (κ1) is 20.3. The van der Waals surface area contributed by atoms with Crippen LogP contribution in [0.2, 0.25) is 0 Å². The highest BCUT2D eigenvalue weighted by Crippen LogP contribution is 2.40. The lowest BCUT2D eigenvalue weighted by molar-refractivity contribution is 0.196. The van der Waals surface area contributed by atoms with E-state index in [-0.39, 0.29) is 11.8 Å². The summed E-state index contributed by atoms with van der Waals surface area (Å²) >= 11 is 0. The van der Waals surface area contributed by atoms with Crippen molar-refractivity contribution in [2.45, 2.75) is 18.5 Å². The van der Waals surface area contributed by atoms with Crippen LogP contribution in [0.4, 0.5) is 0 Å². The lowest BCUT2D eigenvalue weighted by atomic mass is 9.96. The maximum atomic E-state index is 10.1. The van der Waals surface area contributed by atoms with Crippen molar-refractivity contribution >= 4 is 5.71 Å². The zero-order chi connectivity index (χ0) is 21.8. The number of nitrogens with zero attached hydrogens (tertiary/aromatic N) is 3. The van der Waals surface area contributed by atoms with Crippen molar-refractivity contribution in [1.82, 2.24) is 5.01 Å². The van der Waals surface area contributed by atoms with E-state index in [1.54, 1.807) is 25.3 Å². The molecule has 0 radical (unpaired) electrons. The molecule has 0 amide bonds. The van der Waals surface area contributed by atoms with E-state index < -0.39 is 6.04 Å². The van der Waals surface area contributed by atoms with Gasteiger partial charge in [0.25, 0.3) is 0 Å². The van der Waals surface area contributed by atoms with Gasteiger partial charge in [0.05, 0.1) is 32.0 Å². The average Bonchev–Trinajstić information content (AvgIpc) is 3.26. The Hall–Kier alpha value is -3.98. The van der Waals surface area contributed by atoms with Crippen molar-refractivity contribution in [3.63, 3.8) is 0 Å². The molecule has 3 aromatic rings. The summed E-state index contributed by atoms with van der Waals surface area (Å²) < 4.78 is 10.5. The van der Waals surface area contributed by atoms with E-state index in [0.717, 1.165) is 22.6 Å². The van der Waals surface area contributed by atoms with Crippen LogP contribution in [0.15, 0.2) is 77.9 Å². The standard InChI is InChI=1S/C25H23N3O3/c1-30-20-11-8-17(9-12-20)21-15-22(18-6-4-3-5-7-18)28(27-21)23(16-26)19-10-13-24(29)25(14-19)31-2/h3-14,22-23,29H,15H2,1-2H3/t22-,23-/m1/s1. The number of hydrazone groups is 1. The number of rotatable bonds is 6. The Labute approximate surface area is 181 Å². The molecule has 0 aliphatic carbocycles. The predicted octanol–water partition coefficient (Wildman–Crippen LogP) is 4.83. The number of nitriles is 1. The van der Waals surface area contributed by atoms with Crippen LogP contribution in [0.5, 0.6) is 17.2 Å². The van der Waals surface area contributed by atoms with Gasteiger partial charge >= 0.3 is 0 Å². The molecule has 1 aliphatic heterocycles. The summed E-state index contributed by atoms with van der Waals surface area (Å²) in [6, 6.07) is 24.4. The molecule has 1 aliphatic rings. The van der Waals surface area contributed by atoms with Crippen LogP contribution in [0.1, 0.15) is 35.2 Å². The Kier molecular flexibility index (Phi) is 5.76. The van der Waals surface area contributed by atoms with Gasteiger partial charge in [-0.25, -0.2) is 0 Å². The molecule has 6 nitrogen and oxygen atoms in total. The minimum absolute atomic E-state index is 0.0337. The fourth-order valence-electron chi connectivity index (χ4n) is 3.82. The number of hydrogen-bond donors (Lipinski definition) is 1. The van der Waals surface area contributed by atoms with Crippen LogP contribution in [-0.2, 0) is 0 Å². The SMILES string of the molecule is COc1ccc(C2=NN([C@H](C#N)c3ccc(O)c(OC)c3)[C@@H](c3ccccc3)C2)cc1. The van der Waals surface area contributed by atoms with Crippen molar-refractivity contribution in [3.8, 4) is 23.3 Å². The number of phenolic OH excluding ortho intramolecular Hbond substituents is 1. The van der Waals surface area contributed by atoms with Gasteiger partial charge in [-0.2, -0.15) is 10.4 Å². The van der Waals surface area contributed by atoms with Crippen molar-refractivity contribution in [1.29, 1.82) is 5.26 Å². The van der Waals surface area contributed by atoms with Crippen molar-refractivity contribution < 1.29 is 14.6 Å². The monoisotopic (exact) mass is 413 g/mol. The van der Waals surface area contributed by atoms with Gasteiger partial charge in [0.1, 0.15) is 5.75 Å². The third-order valence-corrected chi connectivity index (χ3v) is 5.46. The second-order valence-corrected chi connectivity index (χ2v) is 7.25. The zero-order valence-corrected chi connectivity index (χ0v) is 17.4. The van der Waals surface area contributed by atoms with E-state index >= 15 is 0 Å². The van der Waals surface area contributed by atoms with Crippen LogP contribution in [-0.4, -0.2) is 30.0 Å². The fourth-order valence-corrected chi connectivity index (χ4v) is 3.82. The van der Waals surface area contributed by atoms with Crippen molar-refractivity contribution in [2.24, 2.45) is 5.10 Å². The third-order valence-electron chi connectivity index (χ3n) is 5.46. The molecule has 0 spiro atoms. The summed E-state index contributed by atoms with van der Waals surface area (Å²) in [6.07, 6.45) is 0.670. The Balaban J connectivity index is 1.75. The molecule has 0 aromatic heterocycles. The second kappa shape index (κ2) is 8.80. The molecular weight excluding hydrogens is 390 g/mol. The van der Waals surface area contributed by atoms with E-state index in [4.69, 9.17) is 14.6 Å². The Morgan fingerprint density at radius 2 is 1.77 bits per heavy atom. The molecule has 31 heavy (non-hydrogen) atoms. The summed E-state index contributed by atoms with van der Waals surface area (Å²) in [7, 11) is 3.13. The highest BCUT2D eigenvalue weighted by Gasteiger charge is 2.34. The largest absolute Gasteiger partial charge is 0.504 e. The van der Waals surface area contributed by atoms with E-state index in [0.29, 0.717) is 17.7 Å². The quantitative estimate of drug-likeness (QED) is 0.627. The highest BCUT2D eigenvalue weighted by atomic mass is 16.5. The first-order valence-corrected chi connectivity index (χ1v) is 9.96. The number of ether oxygens (including phenoxy) is 2. The van der Waals surface area contributed by atoms with E-state index in [2.05, 4.69) is 18.2 Å². The summed E-state index contributed by atoms with van der Waals surface area (Å²) in [6.45, 7) is 0. The molecule has 156 valence electrons. The van der Waals surface area contributed by atoms with Crippen LogP contribution in [0.3, 0.4) is 0 Å². The third kappa shape index (κ3) is 4.03. The van der Waals surface area contributed by atoms with Crippen LogP contribution < -0.4 is 9.47 Å². The van der Waals surface area contributed by atoms with Gasteiger partial charge in [-0.15, -0.1) is 0 Å². The minimum Gasteiger partial charge on any atom is -0.504 e. The molecular formula is C25H23N3O3. The number of benzene rings is 3. The summed E-state index contributed by atoms with van der Waals surface area (Å²) in [5, 5.41) is 26.8. The Bertz CT molecular complexity index is 1120. The first-order chi connectivity index (χ1) is 15.1. The Morgan fingerprint density at radius 3 is 2.42 bits per heavy atom. The van der Waals surface area contributed by atoms with Crippen LogP contribution >= 0.6 is 0 Å². The molecule has 0 fully saturated rings. The maximum absolute atomic E-state index is 10.1. The van der Waals surface area contributed by atoms with Gasteiger partial charge in [0, 0.05) is 6.42 Å². The molecule has 2 atom stereocenters. The molecule has 6 heteroatoms. The fraction of sp³-hybridized carbons (Fsp3) is 0.200. The molecule has 0 saturated carbocycles. The van der Waals surface area contributed by atoms with E-state index in [1.165, 1.54) is 7.11 Å². The van der Waals surface area contributed by atoms with Crippen molar-refractivity contribution in [3.05, 3.63) is 89.5 Å².